The molecule has 3 heteroatoms. The van der Waals surface area contributed by atoms with Gasteiger partial charge in [0, 0.05) is 19.7 Å². The molecule has 2 unspecified atom stereocenters. The Hall–Kier alpha value is -0.120. The number of methoxy groups -OCH3 is 1. The number of hydrogen-bond donors (Lipinski definition) is 2. The van der Waals surface area contributed by atoms with Gasteiger partial charge in [0.05, 0.1) is 12.7 Å². The van der Waals surface area contributed by atoms with Crippen molar-refractivity contribution in [2.45, 2.75) is 26.0 Å². The summed E-state index contributed by atoms with van der Waals surface area (Å²) in [6.45, 7) is 5.20. The van der Waals surface area contributed by atoms with Crippen molar-refractivity contribution >= 4 is 0 Å². The van der Waals surface area contributed by atoms with Gasteiger partial charge in [0.2, 0.25) is 0 Å². The van der Waals surface area contributed by atoms with Gasteiger partial charge in [-0.3, -0.25) is 0 Å². The Balaban J connectivity index is 3.13. The van der Waals surface area contributed by atoms with E-state index in [4.69, 9.17) is 9.84 Å². The molecule has 0 spiro atoms. The summed E-state index contributed by atoms with van der Waals surface area (Å²) in [4.78, 5) is 0. The van der Waals surface area contributed by atoms with Gasteiger partial charge in [0.25, 0.3) is 0 Å². The Bertz CT molecular complexity index is 76.0. The van der Waals surface area contributed by atoms with Gasteiger partial charge < -0.3 is 15.2 Å². The van der Waals surface area contributed by atoms with Crippen LogP contribution in [0.4, 0.5) is 0 Å². The highest BCUT2D eigenvalue weighted by Crippen LogP contribution is 1.88. The summed E-state index contributed by atoms with van der Waals surface area (Å²) in [5, 5.41) is 12.1. The fourth-order valence-corrected chi connectivity index (χ4v) is 0.559. The third-order valence-electron chi connectivity index (χ3n) is 1.50. The van der Waals surface area contributed by atoms with Crippen molar-refractivity contribution in [2.24, 2.45) is 0 Å². The number of aliphatic hydroxyl groups is 1. The third-order valence-corrected chi connectivity index (χ3v) is 1.50. The van der Waals surface area contributed by atoms with Crippen molar-refractivity contribution in [3.05, 3.63) is 0 Å². The van der Waals surface area contributed by atoms with Gasteiger partial charge in [-0.2, -0.15) is 0 Å². The van der Waals surface area contributed by atoms with Crippen LogP contribution in [0.2, 0.25) is 0 Å². The first-order chi connectivity index (χ1) is 4.68. The van der Waals surface area contributed by atoms with E-state index in [2.05, 4.69) is 5.32 Å². The normalized spacial score (nSPS) is 16.8. The molecular formula is C7H17NO2. The van der Waals surface area contributed by atoms with Gasteiger partial charge in [-0.1, -0.05) is 0 Å². The first-order valence-electron chi connectivity index (χ1n) is 3.59. The van der Waals surface area contributed by atoms with Crippen LogP contribution < -0.4 is 5.32 Å². The highest BCUT2D eigenvalue weighted by Gasteiger charge is 2.05. The molecule has 0 aliphatic heterocycles. The monoisotopic (exact) mass is 147 g/mol. The zero-order valence-corrected chi connectivity index (χ0v) is 6.92. The van der Waals surface area contributed by atoms with Crippen LogP contribution in [0.3, 0.4) is 0 Å². The second-order valence-electron chi connectivity index (χ2n) is 2.48. The van der Waals surface area contributed by atoms with Gasteiger partial charge in [-0.05, 0) is 13.8 Å². The SMILES string of the molecule is COCCNC(C)C(C)O. The first-order valence-corrected chi connectivity index (χ1v) is 3.59. The predicted molar refractivity (Wildman–Crippen MR) is 41.0 cm³/mol. The van der Waals surface area contributed by atoms with Crippen LogP contribution in [0.15, 0.2) is 0 Å². The topological polar surface area (TPSA) is 41.5 Å². The quantitative estimate of drug-likeness (QED) is 0.537. The fourth-order valence-electron chi connectivity index (χ4n) is 0.559. The summed E-state index contributed by atoms with van der Waals surface area (Å²) < 4.78 is 4.83. The third kappa shape index (κ3) is 4.73. The molecule has 0 rings (SSSR count). The summed E-state index contributed by atoms with van der Waals surface area (Å²) in [5.41, 5.74) is 0. The summed E-state index contributed by atoms with van der Waals surface area (Å²) >= 11 is 0. The molecule has 0 aromatic rings. The van der Waals surface area contributed by atoms with Crippen LogP contribution in [0.1, 0.15) is 13.8 Å². The molecule has 3 nitrogen and oxygen atoms in total. The Morgan fingerprint density at radius 2 is 2.10 bits per heavy atom. The molecule has 0 aliphatic rings. The van der Waals surface area contributed by atoms with Crippen LogP contribution in [0.5, 0.6) is 0 Å². The van der Waals surface area contributed by atoms with Gasteiger partial charge >= 0.3 is 0 Å². The summed E-state index contributed by atoms with van der Waals surface area (Å²) in [7, 11) is 1.66. The molecular weight excluding hydrogens is 130 g/mol. The van der Waals surface area contributed by atoms with Crippen LogP contribution in [-0.4, -0.2) is 37.5 Å². The lowest BCUT2D eigenvalue weighted by molar-refractivity contribution is 0.140. The van der Waals surface area contributed by atoms with E-state index in [0.29, 0.717) is 6.61 Å². The maximum atomic E-state index is 9.02. The smallest absolute Gasteiger partial charge is 0.0662 e. The van der Waals surface area contributed by atoms with E-state index in [1.165, 1.54) is 0 Å². The zero-order chi connectivity index (χ0) is 7.98. The highest BCUT2D eigenvalue weighted by atomic mass is 16.5. The summed E-state index contributed by atoms with van der Waals surface area (Å²) in [6.07, 6.45) is -0.295. The first kappa shape index (κ1) is 9.88. The van der Waals surface area contributed by atoms with E-state index in [9.17, 15) is 0 Å². The fraction of sp³-hybridized carbons (Fsp3) is 1.00. The van der Waals surface area contributed by atoms with Crippen molar-refractivity contribution in [3.8, 4) is 0 Å². The van der Waals surface area contributed by atoms with Crippen LogP contribution in [0.25, 0.3) is 0 Å². The second kappa shape index (κ2) is 5.65. The van der Waals surface area contributed by atoms with Gasteiger partial charge in [0.1, 0.15) is 0 Å². The van der Waals surface area contributed by atoms with E-state index in [-0.39, 0.29) is 12.1 Å². The van der Waals surface area contributed by atoms with Gasteiger partial charge in [-0.25, -0.2) is 0 Å². The van der Waals surface area contributed by atoms with E-state index in [0.717, 1.165) is 6.54 Å². The van der Waals surface area contributed by atoms with Crippen LogP contribution >= 0.6 is 0 Å². The molecule has 0 aromatic carbocycles. The van der Waals surface area contributed by atoms with E-state index >= 15 is 0 Å². The Labute approximate surface area is 62.4 Å². The standard InChI is InChI=1S/C7H17NO2/c1-6(7(2)9)8-4-5-10-3/h6-9H,4-5H2,1-3H3. The Kier molecular flexibility index (Phi) is 5.58. The number of hydrogen-bond acceptors (Lipinski definition) is 3. The number of ether oxygens (including phenoxy) is 1. The second-order valence-corrected chi connectivity index (χ2v) is 2.48. The molecule has 0 heterocycles. The number of rotatable bonds is 5. The van der Waals surface area contributed by atoms with E-state index in [1.807, 2.05) is 6.92 Å². The van der Waals surface area contributed by atoms with Gasteiger partial charge in [-0.15, -0.1) is 0 Å². The predicted octanol–water partition coefficient (Wildman–Crippen LogP) is -0.00830. The minimum absolute atomic E-state index is 0.148. The van der Waals surface area contributed by atoms with Crippen LogP contribution in [-0.2, 0) is 4.74 Å². The molecule has 2 N–H and O–H groups in total. The summed E-state index contributed by atoms with van der Waals surface area (Å²) in [5.74, 6) is 0. The average molecular weight is 147 g/mol. The maximum Gasteiger partial charge on any atom is 0.0662 e. The van der Waals surface area contributed by atoms with Crippen molar-refractivity contribution in [2.75, 3.05) is 20.3 Å². The number of nitrogens with one attached hydrogen (secondary N) is 1. The average Bonchev–Trinajstić information content (AvgIpc) is 1.88. The molecule has 0 aliphatic carbocycles. The lowest BCUT2D eigenvalue weighted by atomic mass is 10.2. The molecule has 0 saturated carbocycles. The van der Waals surface area contributed by atoms with E-state index < -0.39 is 0 Å². The van der Waals surface area contributed by atoms with Gasteiger partial charge in [0.15, 0.2) is 0 Å². The van der Waals surface area contributed by atoms with Crippen molar-refractivity contribution in [3.63, 3.8) is 0 Å². The highest BCUT2D eigenvalue weighted by molar-refractivity contribution is 4.65. The minimum Gasteiger partial charge on any atom is -0.392 e. The largest absolute Gasteiger partial charge is 0.392 e. The summed E-state index contributed by atoms with van der Waals surface area (Å²) in [6, 6.07) is 0.148. The minimum atomic E-state index is -0.295. The molecule has 0 saturated heterocycles. The maximum absolute atomic E-state index is 9.02. The molecule has 0 amide bonds. The molecule has 0 fully saturated rings. The van der Waals surface area contributed by atoms with Crippen molar-refractivity contribution in [1.82, 2.24) is 5.32 Å². The zero-order valence-electron chi connectivity index (χ0n) is 6.92. The molecule has 2 atom stereocenters. The molecule has 0 bridgehead atoms. The lowest BCUT2D eigenvalue weighted by Crippen LogP contribution is -2.37. The van der Waals surface area contributed by atoms with Crippen LogP contribution in [0, 0.1) is 0 Å². The van der Waals surface area contributed by atoms with Crippen molar-refractivity contribution in [1.29, 1.82) is 0 Å². The lowest BCUT2D eigenvalue weighted by Gasteiger charge is -2.15. The molecule has 62 valence electrons. The van der Waals surface area contributed by atoms with Crippen molar-refractivity contribution < 1.29 is 9.84 Å². The Morgan fingerprint density at radius 1 is 1.50 bits per heavy atom. The number of aliphatic hydroxyl groups excluding tert-OH is 1. The molecule has 0 aromatic heterocycles. The molecule has 0 radical (unpaired) electrons. The van der Waals surface area contributed by atoms with E-state index in [1.54, 1.807) is 14.0 Å². The Morgan fingerprint density at radius 3 is 2.50 bits per heavy atom. The molecule has 10 heavy (non-hydrogen) atoms.